The van der Waals surface area contributed by atoms with Crippen LogP contribution in [0.2, 0.25) is 0 Å². The number of carbonyl (C=O) groups is 2. The van der Waals surface area contributed by atoms with Crippen molar-refractivity contribution in [3.63, 3.8) is 0 Å². The molecular formula is C29H35NO3. The summed E-state index contributed by atoms with van der Waals surface area (Å²) in [5, 5.41) is 0. The monoisotopic (exact) mass is 445 g/mol. The molecule has 2 aromatic carbocycles. The number of benzene rings is 2. The van der Waals surface area contributed by atoms with Crippen LogP contribution in [0.1, 0.15) is 76.0 Å². The van der Waals surface area contributed by atoms with Crippen molar-refractivity contribution in [1.82, 2.24) is 4.90 Å². The van der Waals surface area contributed by atoms with E-state index in [0.717, 1.165) is 42.4 Å². The SMILES string of the molecule is CCCCCC=C=C(c1ccccc1)[C@H](CCCC)C(=O)N1C(=O)OC[C@H]1c1ccccc1. The Kier molecular flexibility index (Phi) is 9.53. The smallest absolute Gasteiger partial charge is 0.417 e. The van der Waals surface area contributed by atoms with Crippen LogP contribution in [0.25, 0.3) is 5.57 Å². The van der Waals surface area contributed by atoms with Gasteiger partial charge in [-0.15, -0.1) is 5.73 Å². The number of imide groups is 1. The third kappa shape index (κ3) is 6.46. The van der Waals surface area contributed by atoms with Crippen molar-refractivity contribution in [2.24, 2.45) is 5.92 Å². The average molecular weight is 446 g/mol. The molecule has 1 heterocycles. The lowest BCUT2D eigenvalue weighted by atomic mass is 9.87. The van der Waals surface area contributed by atoms with Crippen LogP contribution in [0, 0.1) is 5.92 Å². The third-order valence-corrected chi connectivity index (χ3v) is 6.08. The Morgan fingerprint density at radius 2 is 1.70 bits per heavy atom. The lowest BCUT2D eigenvalue weighted by Gasteiger charge is -2.26. The fraction of sp³-hybridized carbons (Fsp3) is 0.414. The Labute approximate surface area is 198 Å². The molecule has 0 unspecified atom stereocenters. The number of amides is 2. The Bertz CT molecular complexity index is 961. The molecule has 4 heteroatoms. The van der Waals surface area contributed by atoms with E-state index in [0.29, 0.717) is 6.42 Å². The van der Waals surface area contributed by atoms with Crippen molar-refractivity contribution in [2.75, 3.05) is 6.61 Å². The van der Waals surface area contributed by atoms with E-state index in [-0.39, 0.29) is 12.5 Å². The predicted molar refractivity (Wildman–Crippen MR) is 132 cm³/mol. The van der Waals surface area contributed by atoms with Gasteiger partial charge in [-0.3, -0.25) is 4.79 Å². The van der Waals surface area contributed by atoms with E-state index in [1.165, 1.54) is 17.7 Å². The number of nitrogens with zero attached hydrogens (tertiary/aromatic N) is 1. The highest BCUT2D eigenvalue weighted by atomic mass is 16.6. The second-order valence-electron chi connectivity index (χ2n) is 8.53. The van der Waals surface area contributed by atoms with Gasteiger partial charge >= 0.3 is 6.09 Å². The molecule has 1 aliphatic rings. The first-order valence-corrected chi connectivity index (χ1v) is 12.2. The number of hydrogen-bond acceptors (Lipinski definition) is 3. The van der Waals surface area contributed by atoms with Gasteiger partial charge in [0.2, 0.25) is 5.91 Å². The van der Waals surface area contributed by atoms with Gasteiger partial charge in [0.25, 0.3) is 0 Å². The minimum atomic E-state index is -0.560. The van der Waals surface area contributed by atoms with Gasteiger partial charge in [-0.25, -0.2) is 9.69 Å². The van der Waals surface area contributed by atoms with Gasteiger partial charge in [0.05, 0.1) is 5.92 Å². The van der Waals surface area contributed by atoms with Crippen LogP contribution < -0.4 is 0 Å². The fourth-order valence-corrected chi connectivity index (χ4v) is 4.23. The summed E-state index contributed by atoms with van der Waals surface area (Å²) in [7, 11) is 0. The van der Waals surface area contributed by atoms with Crippen LogP contribution in [-0.4, -0.2) is 23.5 Å². The summed E-state index contributed by atoms with van der Waals surface area (Å²) in [5.41, 5.74) is 6.21. The van der Waals surface area contributed by atoms with Gasteiger partial charge in [-0.05, 0) is 36.5 Å². The van der Waals surface area contributed by atoms with E-state index in [9.17, 15) is 9.59 Å². The van der Waals surface area contributed by atoms with Crippen LogP contribution in [0.3, 0.4) is 0 Å². The molecule has 174 valence electrons. The normalized spacial score (nSPS) is 16.1. The van der Waals surface area contributed by atoms with Gasteiger partial charge < -0.3 is 4.74 Å². The summed E-state index contributed by atoms with van der Waals surface area (Å²) in [6.07, 6.45) is 8.40. The summed E-state index contributed by atoms with van der Waals surface area (Å²) in [6.45, 7) is 4.49. The maximum absolute atomic E-state index is 13.9. The highest BCUT2D eigenvalue weighted by Gasteiger charge is 2.42. The van der Waals surface area contributed by atoms with E-state index in [1.54, 1.807) is 0 Å². The first kappa shape index (κ1) is 24.5. The molecule has 0 N–H and O–H groups in total. The number of hydrogen-bond donors (Lipinski definition) is 0. The molecule has 0 spiro atoms. The lowest BCUT2D eigenvalue weighted by Crippen LogP contribution is -2.39. The van der Waals surface area contributed by atoms with E-state index < -0.39 is 18.1 Å². The molecule has 33 heavy (non-hydrogen) atoms. The number of cyclic esters (lactones) is 1. The van der Waals surface area contributed by atoms with E-state index in [1.807, 2.05) is 60.7 Å². The molecular weight excluding hydrogens is 410 g/mol. The standard InChI is InChI=1S/C29H35NO3/c1-3-5-7-8-15-21-25(23-16-11-9-12-17-23)26(20-6-4-2)28(31)30-27(22-33-29(30)32)24-18-13-10-14-19-24/h9-19,26-27H,3-8,20,22H2,1-2H3/t21?,26-,27-/m0/s1. The van der Waals surface area contributed by atoms with E-state index in [2.05, 4.69) is 25.7 Å². The van der Waals surface area contributed by atoms with E-state index in [4.69, 9.17) is 4.74 Å². The minimum absolute atomic E-state index is 0.187. The minimum Gasteiger partial charge on any atom is -0.446 e. The third-order valence-electron chi connectivity index (χ3n) is 6.08. The van der Waals surface area contributed by atoms with Crippen molar-refractivity contribution < 1.29 is 14.3 Å². The number of unbranched alkanes of at least 4 members (excludes halogenated alkanes) is 4. The van der Waals surface area contributed by atoms with Crippen molar-refractivity contribution in [3.05, 3.63) is 83.6 Å². The van der Waals surface area contributed by atoms with Gasteiger partial charge in [0.1, 0.15) is 12.6 Å². The summed E-state index contributed by atoms with van der Waals surface area (Å²) < 4.78 is 5.35. The molecule has 2 amide bonds. The van der Waals surface area contributed by atoms with Gasteiger partial charge in [0, 0.05) is 5.57 Å². The molecule has 0 bridgehead atoms. The first-order valence-electron chi connectivity index (χ1n) is 12.2. The quantitative estimate of drug-likeness (QED) is 0.269. The van der Waals surface area contributed by atoms with Crippen molar-refractivity contribution >= 4 is 17.6 Å². The Balaban J connectivity index is 1.98. The molecule has 0 radical (unpaired) electrons. The largest absolute Gasteiger partial charge is 0.446 e. The molecule has 1 saturated heterocycles. The maximum Gasteiger partial charge on any atom is 0.417 e. The van der Waals surface area contributed by atoms with Crippen molar-refractivity contribution in [1.29, 1.82) is 0 Å². The average Bonchev–Trinajstić information content (AvgIpc) is 3.25. The molecule has 1 aliphatic heterocycles. The molecule has 4 nitrogen and oxygen atoms in total. The summed E-state index contributed by atoms with van der Waals surface area (Å²) in [6, 6.07) is 19.2. The molecule has 2 atom stereocenters. The van der Waals surface area contributed by atoms with Gasteiger partial charge in [-0.2, -0.15) is 0 Å². The van der Waals surface area contributed by atoms with Crippen LogP contribution in [0.4, 0.5) is 4.79 Å². The van der Waals surface area contributed by atoms with Crippen molar-refractivity contribution in [3.8, 4) is 0 Å². The Morgan fingerprint density at radius 1 is 1.03 bits per heavy atom. The zero-order chi connectivity index (χ0) is 23.5. The van der Waals surface area contributed by atoms with E-state index >= 15 is 0 Å². The topological polar surface area (TPSA) is 46.6 Å². The highest BCUT2D eigenvalue weighted by Crippen LogP contribution is 2.35. The molecule has 1 fully saturated rings. The van der Waals surface area contributed by atoms with Crippen LogP contribution in [-0.2, 0) is 9.53 Å². The van der Waals surface area contributed by atoms with Crippen LogP contribution >= 0.6 is 0 Å². The summed E-state index contributed by atoms with van der Waals surface area (Å²) in [5.74, 6) is -0.653. The zero-order valence-corrected chi connectivity index (χ0v) is 19.8. The first-order chi connectivity index (χ1) is 16.2. The number of ether oxygens (including phenoxy) is 1. The molecule has 0 aliphatic carbocycles. The molecule has 2 aromatic rings. The van der Waals surface area contributed by atoms with Gasteiger partial charge in [-0.1, -0.05) is 100 Å². The lowest BCUT2D eigenvalue weighted by molar-refractivity contribution is -0.131. The predicted octanol–water partition coefficient (Wildman–Crippen LogP) is 7.33. The second-order valence-corrected chi connectivity index (χ2v) is 8.53. The van der Waals surface area contributed by atoms with Crippen molar-refractivity contribution in [2.45, 2.75) is 64.8 Å². The zero-order valence-electron chi connectivity index (χ0n) is 19.8. The molecule has 0 aromatic heterocycles. The summed E-state index contributed by atoms with van der Waals surface area (Å²) in [4.78, 5) is 28.0. The highest BCUT2D eigenvalue weighted by molar-refractivity contribution is 6.00. The fourth-order valence-electron chi connectivity index (χ4n) is 4.23. The summed E-state index contributed by atoms with van der Waals surface area (Å²) >= 11 is 0. The Hall–Kier alpha value is -3.10. The maximum atomic E-state index is 13.9. The van der Waals surface area contributed by atoms with Gasteiger partial charge in [0.15, 0.2) is 0 Å². The van der Waals surface area contributed by atoms with Crippen LogP contribution in [0.15, 0.2) is 72.5 Å². The number of carbonyl (C=O) groups excluding carboxylic acids is 2. The molecule has 3 rings (SSSR count). The van der Waals surface area contributed by atoms with Crippen LogP contribution in [0.5, 0.6) is 0 Å². The number of rotatable bonds is 11. The Morgan fingerprint density at radius 3 is 2.36 bits per heavy atom. The molecule has 0 saturated carbocycles. The second kappa shape index (κ2) is 12.8.